The molecule has 8 heteroatoms. The van der Waals surface area contributed by atoms with E-state index in [1.54, 1.807) is 19.2 Å². The van der Waals surface area contributed by atoms with Crippen LogP contribution >= 0.6 is 0 Å². The molecule has 2 rings (SSSR count). The van der Waals surface area contributed by atoms with Gasteiger partial charge in [0, 0.05) is 19.2 Å². The van der Waals surface area contributed by atoms with Gasteiger partial charge in [-0.1, -0.05) is 6.07 Å². The molecule has 20 heavy (non-hydrogen) atoms. The van der Waals surface area contributed by atoms with Crippen molar-refractivity contribution < 1.29 is 9.66 Å². The highest BCUT2D eigenvalue weighted by Crippen LogP contribution is 2.32. The molecule has 0 saturated heterocycles. The minimum Gasteiger partial charge on any atom is -0.432 e. The van der Waals surface area contributed by atoms with E-state index in [1.165, 1.54) is 12.1 Å². The first-order valence-corrected chi connectivity index (χ1v) is 5.75. The summed E-state index contributed by atoms with van der Waals surface area (Å²) in [6.07, 6.45) is 0. The van der Waals surface area contributed by atoms with E-state index in [2.05, 4.69) is 15.3 Å². The van der Waals surface area contributed by atoms with Gasteiger partial charge in [0.1, 0.15) is 5.82 Å². The zero-order valence-corrected chi connectivity index (χ0v) is 11.0. The highest BCUT2D eigenvalue weighted by molar-refractivity contribution is 5.51. The van der Waals surface area contributed by atoms with Gasteiger partial charge in [-0.3, -0.25) is 10.1 Å². The number of nitrogens with zero attached hydrogens (tertiary/aromatic N) is 3. The van der Waals surface area contributed by atoms with Gasteiger partial charge in [-0.05, 0) is 18.6 Å². The summed E-state index contributed by atoms with van der Waals surface area (Å²) in [5, 5.41) is 13.8. The lowest BCUT2D eigenvalue weighted by atomic mass is 10.2. The maximum Gasteiger partial charge on any atom is 0.311 e. The third-order valence-corrected chi connectivity index (χ3v) is 2.50. The Bertz CT molecular complexity index is 660. The maximum absolute atomic E-state index is 11.0. The third-order valence-electron chi connectivity index (χ3n) is 2.50. The van der Waals surface area contributed by atoms with Gasteiger partial charge in [0.15, 0.2) is 0 Å². The molecule has 0 bridgehead atoms. The van der Waals surface area contributed by atoms with Gasteiger partial charge in [0.05, 0.1) is 4.92 Å². The number of hydrogen-bond donors (Lipinski definition) is 2. The van der Waals surface area contributed by atoms with Gasteiger partial charge in [0.25, 0.3) is 0 Å². The van der Waals surface area contributed by atoms with Crippen molar-refractivity contribution in [2.75, 3.05) is 18.1 Å². The van der Waals surface area contributed by atoms with Crippen molar-refractivity contribution in [2.24, 2.45) is 0 Å². The van der Waals surface area contributed by atoms with Gasteiger partial charge in [-0.2, -0.15) is 9.97 Å². The first kappa shape index (κ1) is 13.5. The molecule has 2 aromatic rings. The van der Waals surface area contributed by atoms with E-state index < -0.39 is 4.92 Å². The number of rotatable bonds is 4. The number of aryl methyl sites for hydroxylation is 1. The molecule has 0 aliphatic carbocycles. The highest BCUT2D eigenvalue weighted by Gasteiger charge is 2.16. The third kappa shape index (κ3) is 2.91. The van der Waals surface area contributed by atoms with Gasteiger partial charge in [-0.15, -0.1) is 0 Å². The molecule has 0 saturated carbocycles. The van der Waals surface area contributed by atoms with Crippen LogP contribution in [0.2, 0.25) is 0 Å². The first-order valence-electron chi connectivity index (χ1n) is 5.75. The largest absolute Gasteiger partial charge is 0.432 e. The van der Waals surface area contributed by atoms with Crippen molar-refractivity contribution in [3.63, 3.8) is 0 Å². The Kier molecular flexibility index (Phi) is 3.65. The molecule has 104 valence electrons. The topological polar surface area (TPSA) is 116 Å². The Morgan fingerprint density at radius 2 is 2.10 bits per heavy atom. The Morgan fingerprint density at radius 1 is 1.35 bits per heavy atom. The van der Waals surface area contributed by atoms with Crippen molar-refractivity contribution in [3.8, 4) is 11.6 Å². The summed E-state index contributed by atoms with van der Waals surface area (Å²) in [7, 11) is 1.67. The number of nitro benzene ring substituents is 1. The van der Waals surface area contributed by atoms with Crippen LogP contribution in [0.5, 0.6) is 11.6 Å². The quantitative estimate of drug-likeness (QED) is 0.648. The molecule has 0 amide bonds. The van der Waals surface area contributed by atoms with Crippen LogP contribution < -0.4 is 15.8 Å². The summed E-state index contributed by atoms with van der Waals surface area (Å²) in [6.45, 7) is 1.81. The predicted octanol–water partition coefficient (Wildman–Crippen LogP) is 2.11. The van der Waals surface area contributed by atoms with Gasteiger partial charge in [-0.25, -0.2) is 0 Å². The number of nitrogen functional groups attached to an aromatic ring is 1. The molecule has 0 aliphatic heterocycles. The molecular formula is C12H13N5O3. The smallest absolute Gasteiger partial charge is 0.311 e. The Balaban J connectivity index is 2.41. The molecule has 3 N–H and O–H groups in total. The van der Waals surface area contributed by atoms with Crippen LogP contribution in [0, 0.1) is 17.0 Å². The summed E-state index contributed by atoms with van der Waals surface area (Å²) < 4.78 is 5.46. The number of nitro groups is 1. The first-order chi connectivity index (χ1) is 9.49. The number of nitrogens with two attached hydrogens (primary N) is 1. The fourth-order valence-electron chi connectivity index (χ4n) is 1.59. The molecule has 1 heterocycles. The SMILES string of the molecule is CNc1cc(Oc2cc(C)ccc2[N+](=O)[O-])nc(N)n1. The molecule has 0 fully saturated rings. The van der Waals surface area contributed by atoms with E-state index >= 15 is 0 Å². The second kappa shape index (κ2) is 5.39. The van der Waals surface area contributed by atoms with E-state index in [0.29, 0.717) is 5.82 Å². The van der Waals surface area contributed by atoms with Crippen molar-refractivity contribution in [1.29, 1.82) is 0 Å². The summed E-state index contributed by atoms with van der Waals surface area (Å²) >= 11 is 0. The molecule has 1 aromatic heterocycles. The molecule has 0 spiro atoms. The lowest BCUT2D eigenvalue weighted by molar-refractivity contribution is -0.385. The zero-order chi connectivity index (χ0) is 14.7. The number of anilines is 2. The average Bonchev–Trinajstić information content (AvgIpc) is 2.37. The van der Waals surface area contributed by atoms with Crippen LogP contribution in [-0.4, -0.2) is 21.9 Å². The van der Waals surface area contributed by atoms with Crippen LogP contribution in [0.15, 0.2) is 24.3 Å². The maximum atomic E-state index is 11.0. The number of benzene rings is 1. The monoisotopic (exact) mass is 275 g/mol. The summed E-state index contributed by atoms with van der Waals surface area (Å²) in [6, 6.07) is 6.09. The average molecular weight is 275 g/mol. The molecule has 0 atom stereocenters. The van der Waals surface area contributed by atoms with Gasteiger partial charge < -0.3 is 15.8 Å². The zero-order valence-electron chi connectivity index (χ0n) is 11.0. The van der Waals surface area contributed by atoms with Crippen molar-refractivity contribution in [2.45, 2.75) is 6.92 Å². The second-order valence-electron chi connectivity index (χ2n) is 4.03. The Hall–Kier alpha value is -2.90. The van der Waals surface area contributed by atoms with Crippen LogP contribution in [-0.2, 0) is 0 Å². The highest BCUT2D eigenvalue weighted by atomic mass is 16.6. The fraction of sp³-hybridized carbons (Fsp3) is 0.167. The van der Waals surface area contributed by atoms with E-state index in [9.17, 15) is 10.1 Å². The van der Waals surface area contributed by atoms with E-state index in [1.807, 2.05) is 6.92 Å². The van der Waals surface area contributed by atoms with Crippen molar-refractivity contribution >= 4 is 17.5 Å². The van der Waals surface area contributed by atoms with Crippen LogP contribution in [0.25, 0.3) is 0 Å². The number of hydrogen-bond acceptors (Lipinski definition) is 7. The van der Waals surface area contributed by atoms with Crippen molar-refractivity contribution in [3.05, 3.63) is 39.9 Å². The van der Waals surface area contributed by atoms with Crippen LogP contribution in [0.4, 0.5) is 17.5 Å². The van der Waals surface area contributed by atoms with Crippen molar-refractivity contribution in [1.82, 2.24) is 9.97 Å². The van der Waals surface area contributed by atoms with E-state index in [-0.39, 0.29) is 23.3 Å². The summed E-state index contributed by atoms with van der Waals surface area (Å²) in [5.41, 5.74) is 6.23. The van der Waals surface area contributed by atoms with E-state index in [4.69, 9.17) is 10.5 Å². The van der Waals surface area contributed by atoms with Crippen LogP contribution in [0.1, 0.15) is 5.56 Å². The number of ether oxygens (including phenoxy) is 1. The Labute approximate surface area is 114 Å². The summed E-state index contributed by atoms with van der Waals surface area (Å²) in [5.74, 6) is 0.718. The lowest BCUT2D eigenvalue weighted by Crippen LogP contribution is -2.02. The molecule has 0 aliphatic rings. The van der Waals surface area contributed by atoms with Gasteiger partial charge >= 0.3 is 5.69 Å². The molecular weight excluding hydrogens is 262 g/mol. The number of aromatic nitrogens is 2. The molecule has 0 unspecified atom stereocenters. The van der Waals surface area contributed by atoms with E-state index in [0.717, 1.165) is 5.56 Å². The van der Waals surface area contributed by atoms with Crippen LogP contribution in [0.3, 0.4) is 0 Å². The summed E-state index contributed by atoms with van der Waals surface area (Å²) in [4.78, 5) is 18.3. The van der Waals surface area contributed by atoms with Gasteiger partial charge in [0.2, 0.25) is 17.6 Å². The normalized spacial score (nSPS) is 10.1. The molecule has 1 aromatic carbocycles. The minimum atomic E-state index is -0.516. The number of nitrogens with one attached hydrogen (secondary N) is 1. The predicted molar refractivity (Wildman–Crippen MR) is 73.9 cm³/mol. The molecule has 0 radical (unpaired) electrons. The Morgan fingerprint density at radius 3 is 2.75 bits per heavy atom. The fourth-order valence-corrected chi connectivity index (χ4v) is 1.59. The minimum absolute atomic E-state index is 0.0159. The second-order valence-corrected chi connectivity index (χ2v) is 4.03. The molecule has 8 nitrogen and oxygen atoms in total. The standard InChI is InChI=1S/C12H13N5O3/c1-7-3-4-8(17(18)19)9(5-7)20-11-6-10(14-2)15-12(13)16-11/h3-6H,1-2H3,(H3,13,14,15,16). The lowest BCUT2D eigenvalue weighted by Gasteiger charge is -2.08.